The minimum atomic E-state index is -0.478. The number of H-pyrrole nitrogens is 1. The molecule has 2 N–H and O–H groups in total. The normalized spacial score (nSPS) is 12.9. The Labute approximate surface area is 93.7 Å². The zero-order valence-corrected chi connectivity index (χ0v) is 9.23. The van der Waals surface area contributed by atoms with Crippen LogP contribution >= 0.6 is 0 Å². The van der Waals surface area contributed by atoms with E-state index in [4.69, 9.17) is 0 Å². The number of aromatic amines is 1. The van der Waals surface area contributed by atoms with Crippen LogP contribution in [0, 0.1) is 0 Å². The number of pyridine rings is 1. The van der Waals surface area contributed by atoms with E-state index in [-0.39, 0.29) is 5.43 Å². The van der Waals surface area contributed by atoms with Crippen molar-refractivity contribution in [3.05, 3.63) is 46.2 Å². The van der Waals surface area contributed by atoms with Gasteiger partial charge in [0.2, 0.25) is 0 Å². The average Bonchev–Trinajstić information content (AvgIpc) is 2.29. The number of fused-ring (bicyclic) bond motifs is 1. The van der Waals surface area contributed by atoms with Gasteiger partial charge >= 0.3 is 0 Å². The quantitative estimate of drug-likeness (QED) is 0.829. The first-order valence-corrected chi connectivity index (χ1v) is 5.52. The molecule has 0 bridgehead atoms. The second-order valence-corrected chi connectivity index (χ2v) is 3.95. The van der Waals surface area contributed by atoms with E-state index in [1.807, 2.05) is 19.1 Å². The first-order valence-electron chi connectivity index (χ1n) is 5.52. The predicted octanol–water partition coefficient (Wildman–Crippen LogP) is 2.36. The summed E-state index contributed by atoms with van der Waals surface area (Å²) in [6.07, 6.45) is 2.79. The topological polar surface area (TPSA) is 53.1 Å². The third-order valence-electron chi connectivity index (χ3n) is 2.73. The van der Waals surface area contributed by atoms with Gasteiger partial charge in [-0.1, -0.05) is 19.4 Å². The molecule has 16 heavy (non-hydrogen) atoms. The van der Waals surface area contributed by atoms with Crippen molar-refractivity contribution in [1.82, 2.24) is 4.98 Å². The molecule has 2 aromatic rings. The number of aromatic nitrogens is 1. The van der Waals surface area contributed by atoms with Crippen LogP contribution in [0.1, 0.15) is 31.4 Å². The van der Waals surface area contributed by atoms with Gasteiger partial charge in [-0.3, -0.25) is 4.79 Å². The Bertz CT molecular complexity index is 545. The van der Waals surface area contributed by atoms with Crippen molar-refractivity contribution in [3.8, 4) is 0 Å². The standard InChI is InChI=1S/C13H15NO2/c1-2-3-12(15)9-4-5-11-10(8-9)13(16)6-7-14-11/h4-8,12,15H,2-3H2,1H3,(H,14,16). The summed E-state index contributed by atoms with van der Waals surface area (Å²) in [5, 5.41) is 10.5. The van der Waals surface area contributed by atoms with Crippen molar-refractivity contribution in [2.24, 2.45) is 0 Å². The molecule has 0 aliphatic carbocycles. The Hall–Kier alpha value is -1.61. The second kappa shape index (κ2) is 4.49. The van der Waals surface area contributed by atoms with E-state index in [0.29, 0.717) is 5.39 Å². The molecule has 0 aliphatic heterocycles. The third-order valence-corrected chi connectivity index (χ3v) is 2.73. The van der Waals surface area contributed by atoms with Gasteiger partial charge in [-0.25, -0.2) is 0 Å². The van der Waals surface area contributed by atoms with Gasteiger partial charge in [-0.2, -0.15) is 0 Å². The van der Waals surface area contributed by atoms with E-state index in [9.17, 15) is 9.90 Å². The lowest BCUT2D eigenvalue weighted by Gasteiger charge is -2.10. The summed E-state index contributed by atoms with van der Waals surface area (Å²) in [6.45, 7) is 2.02. The molecule has 0 saturated carbocycles. The maximum absolute atomic E-state index is 11.6. The molecule has 0 radical (unpaired) electrons. The fraction of sp³-hybridized carbons (Fsp3) is 0.308. The van der Waals surface area contributed by atoms with Crippen molar-refractivity contribution >= 4 is 10.9 Å². The molecule has 0 spiro atoms. The minimum Gasteiger partial charge on any atom is -0.388 e. The van der Waals surface area contributed by atoms with Crippen molar-refractivity contribution in [2.75, 3.05) is 0 Å². The van der Waals surface area contributed by atoms with E-state index in [0.717, 1.165) is 23.9 Å². The van der Waals surface area contributed by atoms with Gasteiger partial charge in [0.05, 0.1) is 6.10 Å². The zero-order chi connectivity index (χ0) is 11.5. The van der Waals surface area contributed by atoms with Crippen LogP contribution in [0.4, 0.5) is 0 Å². The minimum absolute atomic E-state index is 0.0145. The predicted molar refractivity (Wildman–Crippen MR) is 64.4 cm³/mol. The van der Waals surface area contributed by atoms with Crippen LogP contribution in [0.15, 0.2) is 35.3 Å². The van der Waals surface area contributed by atoms with E-state index in [2.05, 4.69) is 4.98 Å². The van der Waals surface area contributed by atoms with Crippen LogP contribution in [0.5, 0.6) is 0 Å². The Morgan fingerprint density at radius 3 is 2.94 bits per heavy atom. The van der Waals surface area contributed by atoms with Gasteiger partial charge in [0.1, 0.15) is 0 Å². The first kappa shape index (κ1) is 10.9. The number of hydrogen-bond acceptors (Lipinski definition) is 2. The molecule has 1 unspecified atom stereocenters. The maximum atomic E-state index is 11.6. The average molecular weight is 217 g/mol. The highest BCUT2D eigenvalue weighted by Gasteiger charge is 2.07. The molecule has 0 amide bonds. The maximum Gasteiger partial charge on any atom is 0.189 e. The molecule has 1 aromatic heterocycles. The Morgan fingerprint density at radius 1 is 1.38 bits per heavy atom. The van der Waals surface area contributed by atoms with Crippen LogP contribution in [-0.4, -0.2) is 10.1 Å². The highest BCUT2D eigenvalue weighted by Crippen LogP contribution is 2.20. The number of aliphatic hydroxyl groups is 1. The highest BCUT2D eigenvalue weighted by molar-refractivity contribution is 5.78. The monoisotopic (exact) mass is 217 g/mol. The molecule has 0 fully saturated rings. The molecular weight excluding hydrogens is 202 g/mol. The molecule has 1 aromatic carbocycles. The summed E-state index contributed by atoms with van der Waals surface area (Å²) in [6, 6.07) is 6.97. The Morgan fingerprint density at radius 2 is 2.19 bits per heavy atom. The molecule has 84 valence electrons. The number of benzene rings is 1. The lowest BCUT2D eigenvalue weighted by atomic mass is 10.0. The number of aliphatic hydroxyl groups excluding tert-OH is 1. The molecular formula is C13H15NO2. The smallest absolute Gasteiger partial charge is 0.189 e. The SMILES string of the molecule is CCCC(O)c1ccc2[nH]ccc(=O)c2c1. The molecule has 0 saturated heterocycles. The summed E-state index contributed by atoms with van der Waals surface area (Å²) < 4.78 is 0. The number of hydrogen-bond donors (Lipinski definition) is 2. The van der Waals surface area contributed by atoms with E-state index >= 15 is 0 Å². The summed E-state index contributed by atoms with van der Waals surface area (Å²) in [5.74, 6) is 0. The van der Waals surface area contributed by atoms with Crippen LogP contribution in [0.25, 0.3) is 10.9 Å². The molecule has 2 rings (SSSR count). The van der Waals surface area contributed by atoms with E-state index in [1.54, 1.807) is 12.3 Å². The Kier molecular flexibility index (Phi) is 3.06. The van der Waals surface area contributed by atoms with E-state index < -0.39 is 6.10 Å². The van der Waals surface area contributed by atoms with E-state index in [1.165, 1.54) is 6.07 Å². The summed E-state index contributed by atoms with van der Waals surface area (Å²) in [7, 11) is 0. The Balaban J connectivity index is 2.51. The van der Waals surface area contributed by atoms with Gasteiger partial charge < -0.3 is 10.1 Å². The van der Waals surface area contributed by atoms with Gasteiger partial charge in [0.25, 0.3) is 0 Å². The lowest BCUT2D eigenvalue weighted by Crippen LogP contribution is -2.03. The molecule has 1 atom stereocenters. The van der Waals surface area contributed by atoms with Crippen LogP contribution in [0.3, 0.4) is 0 Å². The third kappa shape index (κ3) is 1.99. The molecule has 3 heteroatoms. The van der Waals surface area contributed by atoms with Crippen molar-refractivity contribution in [3.63, 3.8) is 0 Å². The zero-order valence-electron chi connectivity index (χ0n) is 9.23. The second-order valence-electron chi connectivity index (χ2n) is 3.95. The molecule has 1 heterocycles. The summed E-state index contributed by atoms with van der Waals surface area (Å²) in [5.41, 5.74) is 1.60. The van der Waals surface area contributed by atoms with Crippen LogP contribution < -0.4 is 5.43 Å². The largest absolute Gasteiger partial charge is 0.388 e. The van der Waals surface area contributed by atoms with Gasteiger partial charge in [0.15, 0.2) is 5.43 Å². The fourth-order valence-corrected chi connectivity index (χ4v) is 1.84. The van der Waals surface area contributed by atoms with Crippen molar-refractivity contribution in [1.29, 1.82) is 0 Å². The van der Waals surface area contributed by atoms with Gasteiger partial charge in [-0.15, -0.1) is 0 Å². The fourth-order valence-electron chi connectivity index (χ4n) is 1.84. The molecule has 0 aliphatic rings. The van der Waals surface area contributed by atoms with Crippen molar-refractivity contribution < 1.29 is 5.11 Å². The van der Waals surface area contributed by atoms with Gasteiger partial charge in [-0.05, 0) is 24.1 Å². The number of nitrogens with one attached hydrogen (secondary N) is 1. The van der Waals surface area contributed by atoms with Crippen LogP contribution in [0.2, 0.25) is 0 Å². The summed E-state index contributed by atoms with van der Waals surface area (Å²) >= 11 is 0. The van der Waals surface area contributed by atoms with Gasteiger partial charge in [0, 0.05) is 23.2 Å². The number of rotatable bonds is 3. The molecule has 3 nitrogen and oxygen atoms in total. The van der Waals surface area contributed by atoms with Crippen molar-refractivity contribution in [2.45, 2.75) is 25.9 Å². The first-order chi connectivity index (χ1) is 7.72. The summed E-state index contributed by atoms with van der Waals surface area (Å²) in [4.78, 5) is 14.6. The lowest BCUT2D eigenvalue weighted by molar-refractivity contribution is 0.166. The van der Waals surface area contributed by atoms with Crippen LogP contribution in [-0.2, 0) is 0 Å². The highest BCUT2D eigenvalue weighted by atomic mass is 16.3.